The third kappa shape index (κ3) is 3.90. The van der Waals surface area contributed by atoms with Gasteiger partial charge in [0.05, 0.1) is 30.5 Å². The molecular formula is C22H29N7OS. The first-order chi connectivity index (χ1) is 15.3. The summed E-state index contributed by atoms with van der Waals surface area (Å²) in [7, 11) is 0. The quantitative estimate of drug-likeness (QED) is 0.558. The summed E-state index contributed by atoms with van der Waals surface area (Å²) in [6.45, 7) is 3.93. The SMILES string of the molecule is c1n[nH]cc1Nc1nc(N[C@H]2CC[C@H](N3CCOCC3)CC2)c2c3c(sc2n1)CCC3. The van der Waals surface area contributed by atoms with E-state index in [4.69, 9.17) is 14.7 Å². The summed E-state index contributed by atoms with van der Waals surface area (Å²) < 4.78 is 5.53. The van der Waals surface area contributed by atoms with Gasteiger partial charge in [-0.3, -0.25) is 10.00 Å². The second kappa shape index (κ2) is 8.37. The van der Waals surface area contributed by atoms with Crippen LogP contribution < -0.4 is 10.6 Å². The van der Waals surface area contributed by atoms with E-state index >= 15 is 0 Å². The molecule has 3 aromatic heterocycles. The highest BCUT2D eigenvalue weighted by Crippen LogP contribution is 2.41. The maximum absolute atomic E-state index is 5.53. The lowest BCUT2D eigenvalue weighted by Gasteiger charge is -2.39. The van der Waals surface area contributed by atoms with Crippen molar-refractivity contribution >= 4 is 39.0 Å². The van der Waals surface area contributed by atoms with Gasteiger partial charge < -0.3 is 15.4 Å². The number of aromatic nitrogens is 4. The van der Waals surface area contributed by atoms with E-state index in [2.05, 4.69) is 25.7 Å². The van der Waals surface area contributed by atoms with Crippen molar-refractivity contribution in [1.29, 1.82) is 0 Å². The van der Waals surface area contributed by atoms with Gasteiger partial charge in [0.2, 0.25) is 5.95 Å². The van der Waals surface area contributed by atoms with Crippen LogP contribution in [0.2, 0.25) is 0 Å². The molecule has 0 aromatic carbocycles. The van der Waals surface area contributed by atoms with Crippen molar-refractivity contribution in [3.8, 4) is 0 Å². The Labute approximate surface area is 185 Å². The molecule has 0 unspecified atom stereocenters. The van der Waals surface area contributed by atoms with Crippen LogP contribution in [-0.2, 0) is 17.6 Å². The predicted octanol–water partition coefficient (Wildman–Crippen LogP) is 3.70. The Bertz CT molecular complexity index is 1040. The van der Waals surface area contributed by atoms with Crippen LogP contribution in [0.25, 0.3) is 10.2 Å². The van der Waals surface area contributed by atoms with Crippen molar-refractivity contribution in [2.24, 2.45) is 0 Å². The van der Waals surface area contributed by atoms with Gasteiger partial charge in [-0.1, -0.05) is 0 Å². The normalized spacial score (nSPS) is 24.4. The van der Waals surface area contributed by atoms with Gasteiger partial charge in [0.25, 0.3) is 0 Å². The molecule has 4 heterocycles. The number of thiophene rings is 1. The second-order valence-corrected chi connectivity index (χ2v) is 9.93. The van der Waals surface area contributed by atoms with Crippen LogP contribution in [0.3, 0.4) is 0 Å². The van der Waals surface area contributed by atoms with Crippen molar-refractivity contribution in [2.75, 3.05) is 36.9 Å². The number of fused-ring (bicyclic) bond motifs is 3. The molecule has 0 bridgehead atoms. The largest absolute Gasteiger partial charge is 0.379 e. The van der Waals surface area contributed by atoms with Crippen LogP contribution >= 0.6 is 11.3 Å². The number of nitrogens with zero attached hydrogens (tertiary/aromatic N) is 4. The first-order valence-corrected chi connectivity index (χ1v) is 12.3. The molecule has 2 aliphatic carbocycles. The molecule has 2 fully saturated rings. The van der Waals surface area contributed by atoms with Crippen molar-refractivity contribution in [2.45, 2.75) is 57.0 Å². The highest BCUT2D eigenvalue weighted by atomic mass is 32.1. The lowest BCUT2D eigenvalue weighted by molar-refractivity contribution is 0.00791. The Morgan fingerprint density at radius 3 is 2.77 bits per heavy atom. The van der Waals surface area contributed by atoms with E-state index in [0.29, 0.717) is 18.0 Å². The summed E-state index contributed by atoms with van der Waals surface area (Å²) in [4.78, 5) is 15.0. The zero-order valence-corrected chi connectivity index (χ0v) is 18.5. The first kappa shape index (κ1) is 19.5. The molecule has 0 amide bonds. The number of aryl methyl sites for hydroxylation is 2. The highest BCUT2D eigenvalue weighted by molar-refractivity contribution is 7.19. The minimum absolute atomic E-state index is 0.467. The smallest absolute Gasteiger partial charge is 0.230 e. The molecule has 3 aromatic rings. The van der Waals surface area contributed by atoms with Crippen LogP contribution in [0.15, 0.2) is 12.4 Å². The Kier molecular flexibility index (Phi) is 5.25. The fourth-order valence-electron chi connectivity index (χ4n) is 5.33. The van der Waals surface area contributed by atoms with Crippen molar-refractivity contribution < 1.29 is 4.74 Å². The van der Waals surface area contributed by atoms with Crippen LogP contribution in [-0.4, -0.2) is 63.5 Å². The molecule has 1 saturated heterocycles. The summed E-state index contributed by atoms with van der Waals surface area (Å²) in [6, 6.07) is 1.17. The molecule has 8 nitrogen and oxygen atoms in total. The van der Waals surface area contributed by atoms with E-state index < -0.39 is 0 Å². The third-order valence-electron chi connectivity index (χ3n) is 6.92. The van der Waals surface area contributed by atoms with Gasteiger partial charge in [-0.2, -0.15) is 10.1 Å². The summed E-state index contributed by atoms with van der Waals surface area (Å²) in [5.74, 6) is 1.64. The van der Waals surface area contributed by atoms with Crippen LogP contribution in [0, 0.1) is 0 Å². The van der Waals surface area contributed by atoms with Crippen molar-refractivity contribution in [1.82, 2.24) is 25.1 Å². The fraction of sp³-hybridized carbons (Fsp3) is 0.591. The Morgan fingerprint density at radius 1 is 1.10 bits per heavy atom. The molecule has 1 saturated carbocycles. The van der Waals surface area contributed by atoms with E-state index in [1.165, 1.54) is 54.4 Å². The lowest BCUT2D eigenvalue weighted by Crippen LogP contribution is -2.46. The van der Waals surface area contributed by atoms with Crippen molar-refractivity contribution in [3.63, 3.8) is 0 Å². The summed E-state index contributed by atoms with van der Waals surface area (Å²) in [6.07, 6.45) is 12.0. The average molecular weight is 440 g/mol. The maximum Gasteiger partial charge on any atom is 0.230 e. The summed E-state index contributed by atoms with van der Waals surface area (Å²) in [5.41, 5.74) is 2.35. The number of anilines is 3. The van der Waals surface area contributed by atoms with E-state index in [0.717, 1.165) is 49.1 Å². The number of rotatable bonds is 5. The number of hydrogen-bond acceptors (Lipinski definition) is 8. The molecule has 164 valence electrons. The fourth-order valence-corrected chi connectivity index (χ4v) is 6.59. The number of nitrogens with one attached hydrogen (secondary N) is 3. The Hall–Kier alpha value is -2.23. The molecule has 3 N–H and O–H groups in total. The van der Waals surface area contributed by atoms with Gasteiger partial charge in [0.15, 0.2) is 0 Å². The van der Waals surface area contributed by atoms with E-state index in [-0.39, 0.29) is 0 Å². The van der Waals surface area contributed by atoms with Gasteiger partial charge >= 0.3 is 0 Å². The zero-order valence-electron chi connectivity index (χ0n) is 17.7. The minimum Gasteiger partial charge on any atom is -0.379 e. The summed E-state index contributed by atoms with van der Waals surface area (Å²) >= 11 is 1.84. The molecule has 3 aliphatic rings. The van der Waals surface area contributed by atoms with Gasteiger partial charge in [-0.05, 0) is 50.5 Å². The number of aromatic amines is 1. The molecular weight excluding hydrogens is 410 g/mol. The third-order valence-corrected chi connectivity index (χ3v) is 8.10. The molecule has 1 aliphatic heterocycles. The average Bonchev–Trinajstić information content (AvgIpc) is 3.53. The van der Waals surface area contributed by atoms with Crippen molar-refractivity contribution in [3.05, 3.63) is 22.8 Å². The Morgan fingerprint density at radius 2 is 1.97 bits per heavy atom. The number of morpholine rings is 1. The van der Waals surface area contributed by atoms with Gasteiger partial charge in [0.1, 0.15) is 10.6 Å². The molecule has 9 heteroatoms. The van der Waals surface area contributed by atoms with E-state index in [1.807, 2.05) is 17.5 Å². The van der Waals surface area contributed by atoms with Gasteiger partial charge in [-0.25, -0.2) is 4.98 Å². The monoisotopic (exact) mass is 439 g/mol. The zero-order chi connectivity index (χ0) is 20.6. The molecule has 0 atom stereocenters. The molecule has 31 heavy (non-hydrogen) atoms. The standard InChI is InChI=1S/C22H29N7OS/c1-2-17-18(3-1)31-21-19(17)20(27-22(28-21)26-15-12-23-24-13-15)25-14-4-6-16(7-5-14)29-8-10-30-11-9-29/h12-14,16H,1-11H2,(H,23,24)(H2,25,26,27,28)/t14-,16-. The Balaban J connectivity index is 1.23. The van der Waals surface area contributed by atoms with Gasteiger partial charge in [-0.15, -0.1) is 11.3 Å². The lowest BCUT2D eigenvalue weighted by atomic mass is 9.90. The number of ether oxygens (including phenoxy) is 1. The first-order valence-electron chi connectivity index (χ1n) is 11.5. The molecule has 6 rings (SSSR count). The second-order valence-electron chi connectivity index (χ2n) is 8.84. The molecule has 0 radical (unpaired) electrons. The van der Waals surface area contributed by atoms with E-state index in [1.54, 1.807) is 6.20 Å². The van der Waals surface area contributed by atoms with E-state index in [9.17, 15) is 0 Å². The maximum atomic E-state index is 5.53. The summed E-state index contributed by atoms with van der Waals surface area (Å²) in [5, 5.41) is 15.2. The molecule has 0 spiro atoms. The topological polar surface area (TPSA) is 91.0 Å². The van der Waals surface area contributed by atoms with Crippen LogP contribution in [0.1, 0.15) is 42.5 Å². The van der Waals surface area contributed by atoms with Gasteiger partial charge in [0, 0.05) is 36.2 Å². The number of H-pyrrole nitrogens is 1. The van der Waals surface area contributed by atoms with Crippen LogP contribution in [0.5, 0.6) is 0 Å². The van der Waals surface area contributed by atoms with Crippen LogP contribution in [0.4, 0.5) is 17.5 Å². The minimum atomic E-state index is 0.467. The predicted molar refractivity (Wildman–Crippen MR) is 123 cm³/mol. The number of hydrogen-bond donors (Lipinski definition) is 3. The highest BCUT2D eigenvalue weighted by Gasteiger charge is 2.29.